The Morgan fingerprint density at radius 1 is 1.07 bits per heavy atom. The van der Waals surface area contributed by atoms with Crippen LogP contribution in [-0.4, -0.2) is 30.5 Å². The normalized spacial score (nSPS) is 11.1. The second-order valence-electron chi connectivity index (χ2n) is 6.48. The fraction of sp³-hybridized carbons (Fsp3) is 0.261. The Balaban J connectivity index is 1.90. The molecular formula is C23H26N2O2S2. The molecular weight excluding hydrogens is 400 g/mol. The van der Waals surface area contributed by atoms with Crippen molar-refractivity contribution in [3.05, 3.63) is 72.1 Å². The van der Waals surface area contributed by atoms with E-state index in [2.05, 4.69) is 42.3 Å². The molecule has 0 unspecified atom stereocenters. The summed E-state index contributed by atoms with van der Waals surface area (Å²) >= 11 is 3.23. The van der Waals surface area contributed by atoms with Crippen LogP contribution in [0.3, 0.4) is 0 Å². The molecule has 0 amide bonds. The molecule has 0 aliphatic carbocycles. The zero-order chi connectivity index (χ0) is 20.8. The molecule has 6 heteroatoms. The maximum absolute atomic E-state index is 12.7. The maximum Gasteiger partial charge on any atom is 0.345 e. The van der Waals surface area contributed by atoms with Gasteiger partial charge in [-0.3, -0.25) is 0 Å². The number of thiophene rings is 1. The van der Waals surface area contributed by atoms with E-state index in [4.69, 9.17) is 4.42 Å². The standard InChI is InChI=1S/C23H26N2O2S2/c1-5-13-25(14-6-2)29-22-12-11-21(28-22)19-15-17-9-10-18(24(7-3)8-4)16-20(17)27-23(19)26/h5-6,9-12,15-16H,1-2,7-8,13-14H2,3-4H3. The van der Waals surface area contributed by atoms with Crippen molar-refractivity contribution in [1.29, 1.82) is 0 Å². The van der Waals surface area contributed by atoms with Gasteiger partial charge in [0.15, 0.2) is 0 Å². The Bertz CT molecular complexity index is 1040. The molecule has 0 saturated carbocycles. The summed E-state index contributed by atoms with van der Waals surface area (Å²) in [6.45, 7) is 15.2. The Kier molecular flexibility index (Phi) is 7.36. The van der Waals surface area contributed by atoms with Crippen LogP contribution in [0.1, 0.15) is 13.8 Å². The number of rotatable bonds is 10. The van der Waals surface area contributed by atoms with Gasteiger partial charge in [0.2, 0.25) is 0 Å². The molecule has 0 fully saturated rings. The van der Waals surface area contributed by atoms with Crippen LogP contribution in [-0.2, 0) is 0 Å². The molecule has 0 N–H and O–H groups in total. The van der Waals surface area contributed by atoms with Gasteiger partial charge in [0.25, 0.3) is 0 Å². The minimum Gasteiger partial charge on any atom is -0.422 e. The zero-order valence-corrected chi connectivity index (χ0v) is 18.5. The van der Waals surface area contributed by atoms with Crippen molar-refractivity contribution in [2.45, 2.75) is 18.1 Å². The van der Waals surface area contributed by atoms with E-state index in [9.17, 15) is 4.79 Å². The Hall–Kier alpha value is -2.28. The molecule has 0 spiro atoms. The molecule has 29 heavy (non-hydrogen) atoms. The van der Waals surface area contributed by atoms with Crippen LogP contribution in [0.15, 0.2) is 75.1 Å². The molecule has 0 bridgehead atoms. The van der Waals surface area contributed by atoms with Crippen molar-refractivity contribution in [2.24, 2.45) is 0 Å². The highest BCUT2D eigenvalue weighted by atomic mass is 32.2. The van der Waals surface area contributed by atoms with Crippen molar-refractivity contribution in [2.75, 3.05) is 31.1 Å². The van der Waals surface area contributed by atoms with Gasteiger partial charge < -0.3 is 9.32 Å². The van der Waals surface area contributed by atoms with Crippen molar-refractivity contribution < 1.29 is 4.42 Å². The molecule has 2 aromatic heterocycles. The highest BCUT2D eigenvalue weighted by Crippen LogP contribution is 2.35. The SMILES string of the molecule is C=CCN(CC=C)Sc1ccc(-c2cc3ccc(N(CC)CC)cc3oc2=O)s1. The molecule has 4 nitrogen and oxygen atoms in total. The molecule has 2 heterocycles. The third-order valence-electron chi connectivity index (χ3n) is 4.58. The molecule has 0 atom stereocenters. The largest absolute Gasteiger partial charge is 0.422 e. The van der Waals surface area contributed by atoms with Crippen LogP contribution in [0, 0.1) is 0 Å². The quantitative estimate of drug-likeness (QED) is 0.224. The third-order valence-corrected chi connectivity index (χ3v) is 6.84. The average molecular weight is 427 g/mol. The third kappa shape index (κ3) is 5.01. The predicted octanol–water partition coefficient (Wildman–Crippen LogP) is 6.05. The minimum absolute atomic E-state index is 0.304. The molecule has 0 aliphatic heterocycles. The van der Waals surface area contributed by atoms with E-state index in [1.807, 2.05) is 42.5 Å². The second-order valence-corrected chi connectivity index (χ2v) is 8.96. The number of hydrogen-bond acceptors (Lipinski definition) is 6. The summed E-state index contributed by atoms with van der Waals surface area (Å²) in [4.78, 5) is 15.8. The summed E-state index contributed by atoms with van der Waals surface area (Å²) in [5.74, 6) is 0. The van der Waals surface area contributed by atoms with Gasteiger partial charge in [0, 0.05) is 48.2 Å². The van der Waals surface area contributed by atoms with E-state index in [1.165, 1.54) is 0 Å². The van der Waals surface area contributed by atoms with Gasteiger partial charge in [-0.2, -0.15) is 0 Å². The van der Waals surface area contributed by atoms with Crippen LogP contribution < -0.4 is 10.5 Å². The first kappa shape index (κ1) is 21.4. The van der Waals surface area contributed by atoms with E-state index in [1.54, 1.807) is 23.3 Å². The average Bonchev–Trinajstić information content (AvgIpc) is 3.17. The van der Waals surface area contributed by atoms with E-state index >= 15 is 0 Å². The van der Waals surface area contributed by atoms with Gasteiger partial charge in [0.05, 0.1) is 9.77 Å². The Morgan fingerprint density at radius 3 is 2.45 bits per heavy atom. The van der Waals surface area contributed by atoms with Crippen molar-refractivity contribution >= 4 is 39.9 Å². The lowest BCUT2D eigenvalue weighted by molar-refractivity contribution is 0.563. The lowest BCUT2D eigenvalue weighted by Crippen LogP contribution is -2.21. The number of hydrogen-bond donors (Lipinski definition) is 0. The number of fused-ring (bicyclic) bond motifs is 1. The number of benzene rings is 1. The Labute approximate surface area is 180 Å². The zero-order valence-electron chi connectivity index (χ0n) is 16.9. The molecule has 0 saturated heterocycles. The predicted molar refractivity (Wildman–Crippen MR) is 127 cm³/mol. The van der Waals surface area contributed by atoms with Gasteiger partial charge in [-0.1, -0.05) is 12.2 Å². The smallest absolute Gasteiger partial charge is 0.345 e. The molecule has 0 aliphatic rings. The van der Waals surface area contributed by atoms with Gasteiger partial charge in [0.1, 0.15) is 5.58 Å². The monoisotopic (exact) mass is 426 g/mol. The highest BCUT2D eigenvalue weighted by molar-refractivity contribution is 7.99. The van der Waals surface area contributed by atoms with E-state index in [0.29, 0.717) is 11.1 Å². The lowest BCUT2D eigenvalue weighted by Gasteiger charge is -2.21. The minimum atomic E-state index is -0.304. The van der Waals surface area contributed by atoms with Crippen LogP contribution in [0.4, 0.5) is 5.69 Å². The van der Waals surface area contributed by atoms with E-state index in [-0.39, 0.29) is 5.63 Å². The Morgan fingerprint density at radius 2 is 1.79 bits per heavy atom. The van der Waals surface area contributed by atoms with Crippen LogP contribution in [0.5, 0.6) is 0 Å². The first-order valence-electron chi connectivity index (χ1n) is 9.67. The van der Waals surface area contributed by atoms with Crippen molar-refractivity contribution in [3.8, 4) is 10.4 Å². The number of anilines is 1. The van der Waals surface area contributed by atoms with E-state index < -0.39 is 0 Å². The van der Waals surface area contributed by atoms with Crippen molar-refractivity contribution in [3.63, 3.8) is 0 Å². The van der Waals surface area contributed by atoms with E-state index in [0.717, 1.165) is 46.3 Å². The van der Waals surface area contributed by atoms with Gasteiger partial charge in [-0.05, 0) is 56.1 Å². The van der Waals surface area contributed by atoms with Crippen LogP contribution >= 0.6 is 23.3 Å². The summed E-state index contributed by atoms with van der Waals surface area (Å²) in [5, 5.41) is 0.929. The fourth-order valence-corrected chi connectivity index (χ4v) is 5.35. The summed E-state index contributed by atoms with van der Waals surface area (Å²) < 4.78 is 8.95. The van der Waals surface area contributed by atoms with Gasteiger partial charge >= 0.3 is 5.63 Å². The summed E-state index contributed by atoms with van der Waals surface area (Å²) in [7, 11) is 0. The summed E-state index contributed by atoms with van der Waals surface area (Å²) in [6.07, 6.45) is 3.74. The van der Waals surface area contributed by atoms with Crippen molar-refractivity contribution in [1.82, 2.24) is 4.31 Å². The van der Waals surface area contributed by atoms with Crippen LogP contribution in [0.2, 0.25) is 0 Å². The first-order chi connectivity index (χ1) is 14.1. The lowest BCUT2D eigenvalue weighted by atomic mass is 10.1. The molecule has 152 valence electrons. The molecule has 3 aromatic rings. The number of nitrogens with zero attached hydrogens (tertiary/aromatic N) is 2. The molecule has 3 rings (SSSR count). The summed E-state index contributed by atoms with van der Waals surface area (Å²) in [6, 6.07) is 12.0. The summed E-state index contributed by atoms with van der Waals surface area (Å²) in [5.41, 5.74) is 1.99. The highest BCUT2D eigenvalue weighted by Gasteiger charge is 2.13. The van der Waals surface area contributed by atoms with Crippen LogP contribution in [0.25, 0.3) is 21.4 Å². The first-order valence-corrected chi connectivity index (χ1v) is 11.3. The van der Waals surface area contributed by atoms with Gasteiger partial charge in [-0.25, -0.2) is 9.10 Å². The fourth-order valence-electron chi connectivity index (χ4n) is 3.14. The van der Waals surface area contributed by atoms with Gasteiger partial charge in [-0.15, -0.1) is 24.5 Å². The topological polar surface area (TPSA) is 36.7 Å². The molecule has 1 aromatic carbocycles. The molecule has 0 radical (unpaired) electrons. The second kappa shape index (κ2) is 9.96. The maximum atomic E-state index is 12.7.